The van der Waals surface area contributed by atoms with Crippen molar-refractivity contribution < 1.29 is 9.53 Å². The molecule has 68 valence electrons. The Hall–Kier alpha value is -0.990. The predicted octanol–water partition coefficient (Wildman–Crippen LogP) is 1.70. The summed E-state index contributed by atoms with van der Waals surface area (Å²) in [5.41, 5.74) is 0. The summed E-state index contributed by atoms with van der Waals surface area (Å²) < 4.78 is 4.47. The van der Waals surface area contributed by atoms with Gasteiger partial charge < -0.3 is 10.1 Å². The van der Waals surface area contributed by atoms with Crippen molar-refractivity contribution >= 4 is 6.09 Å². The van der Waals surface area contributed by atoms with Crippen molar-refractivity contribution in [3.05, 3.63) is 12.2 Å². The van der Waals surface area contributed by atoms with Crippen molar-refractivity contribution in [1.82, 2.24) is 5.32 Å². The molecule has 1 unspecified atom stereocenters. The highest BCUT2D eigenvalue weighted by atomic mass is 16.5. The second kappa shape index (κ2) is 4.80. The molecule has 1 amide bonds. The molecule has 0 aromatic heterocycles. The minimum atomic E-state index is -0.329. The lowest BCUT2D eigenvalue weighted by Gasteiger charge is -2.17. The zero-order chi connectivity index (χ0) is 8.81. The first-order chi connectivity index (χ1) is 5.83. The first-order valence-electron chi connectivity index (χ1n) is 4.29. The van der Waals surface area contributed by atoms with Gasteiger partial charge in [0.1, 0.15) is 0 Å². The summed E-state index contributed by atoms with van der Waals surface area (Å²) >= 11 is 0. The quantitative estimate of drug-likeness (QED) is 0.639. The van der Waals surface area contributed by atoms with E-state index in [1.807, 2.05) is 0 Å². The first kappa shape index (κ1) is 9.10. The standard InChI is InChI=1S/C9H15NO2/c1-12-9(11)10-7-8-5-3-2-4-6-8/h2-3,8H,4-7H2,1H3,(H,10,11). The first-order valence-corrected chi connectivity index (χ1v) is 4.29. The van der Waals surface area contributed by atoms with Gasteiger partial charge in [-0.05, 0) is 25.2 Å². The molecule has 1 aliphatic rings. The number of alkyl carbamates (subject to hydrolysis) is 1. The fraction of sp³-hybridized carbons (Fsp3) is 0.667. The molecule has 0 heterocycles. The van der Waals surface area contributed by atoms with Gasteiger partial charge in [-0.2, -0.15) is 0 Å². The molecule has 0 aromatic carbocycles. The van der Waals surface area contributed by atoms with Gasteiger partial charge in [0.2, 0.25) is 0 Å². The fourth-order valence-electron chi connectivity index (χ4n) is 1.34. The zero-order valence-corrected chi connectivity index (χ0v) is 7.38. The summed E-state index contributed by atoms with van der Waals surface area (Å²) in [4.78, 5) is 10.7. The monoisotopic (exact) mass is 169 g/mol. The number of rotatable bonds is 2. The third-order valence-electron chi connectivity index (χ3n) is 2.10. The minimum Gasteiger partial charge on any atom is -0.453 e. The molecule has 12 heavy (non-hydrogen) atoms. The Morgan fingerprint density at radius 1 is 1.67 bits per heavy atom. The SMILES string of the molecule is COC(=O)NCC1CC=CCC1. The summed E-state index contributed by atoms with van der Waals surface area (Å²) in [7, 11) is 1.39. The number of amides is 1. The highest BCUT2D eigenvalue weighted by Gasteiger charge is 2.10. The third-order valence-corrected chi connectivity index (χ3v) is 2.10. The van der Waals surface area contributed by atoms with Crippen molar-refractivity contribution in [2.45, 2.75) is 19.3 Å². The lowest BCUT2D eigenvalue weighted by Crippen LogP contribution is -2.29. The van der Waals surface area contributed by atoms with Gasteiger partial charge >= 0.3 is 6.09 Å². The van der Waals surface area contributed by atoms with Crippen LogP contribution in [-0.2, 0) is 4.74 Å². The zero-order valence-electron chi connectivity index (χ0n) is 7.38. The summed E-state index contributed by atoms with van der Waals surface area (Å²) in [5.74, 6) is 0.592. The molecule has 0 aliphatic heterocycles. The Kier molecular flexibility index (Phi) is 3.64. The number of allylic oxidation sites excluding steroid dienone is 2. The maximum absolute atomic E-state index is 10.7. The van der Waals surface area contributed by atoms with Crippen LogP contribution in [0.25, 0.3) is 0 Å². The van der Waals surface area contributed by atoms with Crippen molar-refractivity contribution in [3.63, 3.8) is 0 Å². The highest BCUT2D eigenvalue weighted by Crippen LogP contribution is 2.16. The van der Waals surface area contributed by atoms with Gasteiger partial charge in [0.05, 0.1) is 7.11 Å². The number of carbonyl (C=O) groups excluding carboxylic acids is 1. The Balaban J connectivity index is 2.14. The van der Waals surface area contributed by atoms with Crippen molar-refractivity contribution in [2.75, 3.05) is 13.7 Å². The van der Waals surface area contributed by atoms with Crippen molar-refractivity contribution in [1.29, 1.82) is 0 Å². The van der Waals surface area contributed by atoms with E-state index in [1.54, 1.807) is 0 Å². The van der Waals surface area contributed by atoms with Gasteiger partial charge in [-0.3, -0.25) is 0 Å². The molecular formula is C9H15NO2. The second-order valence-electron chi connectivity index (χ2n) is 3.02. The number of nitrogens with one attached hydrogen (secondary N) is 1. The van der Waals surface area contributed by atoms with E-state index >= 15 is 0 Å². The molecule has 0 saturated heterocycles. The smallest absolute Gasteiger partial charge is 0.406 e. The molecule has 3 heteroatoms. The Morgan fingerprint density at radius 2 is 2.50 bits per heavy atom. The van der Waals surface area contributed by atoms with Crippen LogP contribution in [0.3, 0.4) is 0 Å². The number of carbonyl (C=O) groups is 1. The molecule has 0 fully saturated rings. The average molecular weight is 169 g/mol. The van der Waals surface area contributed by atoms with Crippen molar-refractivity contribution in [3.8, 4) is 0 Å². The summed E-state index contributed by atoms with van der Waals surface area (Å²) in [6.45, 7) is 0.733. The van der Waals surface area contributed by atoms with Gasteiger partial charge in [0.25, 0.3) is 0 Å². The number of ether oxygens (including phenoxy) is 1. The van der Waals surface area contributed by atoms with E-state index in [4.69, 9.17) is 0 Å². The largest absolute Gasteiger partial charge is 0.453 e. The molecule has 1 aliphatic carbocycles. The van der Waals surface area contributed by atoms with Crippen LogP contribution in [0.15, 0.2) is 12.2 Å². The van der Waals surface area contributed by atoms with Crippen LogP contribution in [0.1, 0.15) is 19.3 Å². The van der Waals surface area contributed by atoms with Crippen LogP contribution in [0.2, 0.25) is 0 Å². The topological polar surface area (TPSA) is 38.3 Å². The Morgan fingerprint density at radius 3 is 3.08 bits per heavy atom. The fourth-order valence-corrected chi connectivity index (χ4v) is 1.34. The van der Waals surface area contributed by atoms with Crippen LogP contribution >= 0.6 is 0 Å². The summed E-state index contributed by atoms with van der Waals surface area (Å²) in [5, 5.41) is 2.71. The lowest BCUT2D eigenvalue weighted by atomic mass is 9.95. The van der Waals surface area contributed by atoms with E-state index in [0.29, 0.717) is 5.92 Å². The van der Waals surface area contributed by atoms with Gasteiger partial charge in [-0.15, -0.1) is 0 Å². The molecule has 0 aromatic rings. The van der Waals surface area contributed by atoms with Crippen LogP contribution in [-0.4, -0.2) is 19.7 Å². The van der Waals surface area contributed by atoms with E-state index in [9.17, 15) is 4.79 Å². The lowest BCUT2D eigenvalue weighted by molar-refractivity contribution is 0.168. The molecule has 1 rings (SSSR count). The van der Waals surface area contributed by atoms with E-state index in [0.717, 1.165) is 19.4 Å². The molecule has 0 radical (unpaired) electrons. The van der Waals surface area contributed by atoms with Gasteiger partial charge in [0, 0.05) is 6.54 Å². The molecule has 0 bridgehead atoms. The molecule has 0 saturated carbocycles. The van der Waals surface area contributed by atoms with E-state index in [-0.39, 0.29) is 6.09 Å². The number of methoxy groups -OCH3 is 1. The van der Waals surface area contributed by atoms with E-state index in [1.165, 1.54) is 13.5 Å². The Bertz CT molecular complexity index is 177. The molecule has 1 atom stereocenters. The van der Waals surface area contributed by atoms with Crippen LogP contribution < -0.4 is 5.32 Å². The third kappa shape index (κ3) is 2.95. The van der Waals surface area contributed by atoms with Crippen LogP contribution in [0.4, 0.5) is 4.79 Å². The number of hydrogen-bond donors (Lipinski definition) is 1. The Labute approximate surface area is 72.8 Å². The molecule has 1 N–H and O–H groups in total. The molecule has 3 nitrogen and oxygen atoms in total. The van der Waals surface area contributed by atoms with E-state index in [2.05, 4.69) is 22.2 Å². The van der Waals surface area contributed by atoms with Gasteiger partial charge in [0.15, 0.2) is 0 Å². The van der Waals surface area contributed by atoms with Crippen molar-refractivity contribution in [2.24, 2.45) is 5.92 Å². The normalized spacial score (nSPS) is 21.9. The molecule has 0 spiro atoms. The van der Waals surface area contributed by atoms with Gasteiger partial charge in [-0.25, -0.2) is 4.79 Å². The maximum Gasteiger partial charge on any atom is 0.406 e. The van der Waals surface area contributed by atoms with Gasteiger partial charge in [-0.1, -0.05) is 12.2 Å². The number of hydrogen-bond acceptors (Lipinski definition) is 2. The predicted molar refractivity (Wildman–Crippen MR) is 46.9 cm³/mol. The average Bonchev–Trinajstić information content (AvgIpc) is 2.16. The van der Waals surface area contributed by atoms with Crippen LogP contribution in [0.5, 0.6) is 0 Å². The highest BCUT2D eigenvalue weighted by molar-refractivity contribution is 5.66. The maximum atomic E-state index is 10.7. The van der Waals surface area contributed by atoms with Crippen LogP contribution in [0, 0.1) is 5.92 Å². The summed E-state index contributed by atoms with van der Waals surface area (Å²) in [6, 6.07) is 0. The minimum absolute atomic E-state index is 0.329. The second-order valence-corrected chi connectivity index (χ2v) is 3.02. The molecular weight excluding hydrogens is 154 g/mol. The summed E-state index contributed by atoms with van der Waals surface area (Å²) in [6.07, 6.45) is 7.41. The van der Waals surface area contributed by atoms with E-state index < -0.39 is 0 Å².